The summed E-state index contributed by atoms with van der Waals surface area (Å²) in [5, 5.41) is 5.16. The van der Waals surface area contributed by atoms with Crippen LogP contribution in [0, 0.1) is 5.38 Å². The molecule has 77 valence electrons. The lowest BCUT2D eigenvalue weighted by Gasteiger charge is -1.99. The van der Waals surface area contributed by atoms with Gasteiger partial charge in [0.2, 0.25) is 0 Å². The minimum absolute atomic E-state index is 0.0417. The van der Waals surface area contributed by atoms with Gasteiger partial charge >= 0.3 is 16.0 Å². The third-order valence-corrected chi connectivity index (χ3v) is 2.08. The summed E-state index contributed by atoms with van der Waals surface area (Å²) in [4.78, 5) is 0. The molecule has 0 aliphatic heterocycles. The van der Waals surface area contributed by atoms with Gasteiger partial charge in [0.25, 0.3) is 0 Å². The molecule has 1 aromatic rings. The van der Waals surface area contributed by atoms with Crippen LogP contribution >= 0.6 is 37.1 Å². The van der Waals surface area contributed by atoms with Crippen LogP contribution in [0.4, 0.5) is 0 Å². The van der Waals surface area contributed by atoms with Crippen molar-refractivity contribution in [1.29, 1.82) is 0 Å². The zero-order valence-corrected chi connectivity index (χ0v) is 13.7. The second-order valence-corrected chi connectivity index (χ2v) is 11.3. The first-order valence-electron chi connectivity index (χ1n) is 4.48. The van der Waals surface area contributed by atoms with Crippen LogP contribution in [0.3, 0.4) is 0 Å². The Morgan fingerprint density at radius 3 is 2.79 bits per heavy atom. The maximum absolute atomic E-state index is 5.39. The molecule has 0 fully saturated rings. The third kappa shape index (κ3) is 9.92. The standard InChI is InChI=1S/C9H13OS.2BrH.Mg/c1-2-3-5-10-7-9-4-6-11-8-9;;;/h4,6H,2-3,5,7H2,1H3;2*1H;/q;;;+2/p-2. The Kier molecular flexibility index (Phi) is 13.7. The smallest absolute Gasteiger partial charge is 0.377 e. The molecule has 0 amide bonds. The highest BCUT2D eigenvalue weighted by Crippen LogP contribution is 2.06. The van der Waals surface area contributed by atoms with E-state index in [0.717, 1.165) is 19.6 Å². The van der Waals surface area contributed by atoms with E-state index in [4.69, 9.17) is 4.74 Å². The van der Waals surface area contributed by atoms with Gasteiger partial charge < -0.3 is 4.74 Å². The van der Waals surface area contributed by atoms with Crippen molar-refractivity contribution in [3.8, 4) is 0 Å². The molecule has 1 rings (SSSR count). The molecule has 0 atom stereocenters. The van der Waals surface area contributed by atoms with E-state index in [9.17, 15) is 0 Å². The molecule has 0 aliphatic carbocycles. The maximum atomic E-state index is 5.39. The maximum Gasteiger partial charge on any atom is 0.560 e. The van der Waals surface area contributed by atoms with Crippen molar-refractivity contribution < 1.29 is 4.74 Å². The predicted molar refractivity (Wildman–Crippen MR) is 71.3 cm³/mol. The first-order valence-corrected chi connectivity index (χ1v) is 13.2. The van der Waals surface area contributed by atoms with Gasteiger partial charge in [-0.1, -0.05) is 13.3 Å². The van der Waals surface area contributed by atoms with Crippen LogP contribution in [0.5, 0.6) is 0 Å². The summed E-state index contributed by atoms with van der Waals surface area (Å²) in [6.45, 7) is 3.77. The zero-order valence-electron chi connectivity index (χ0n) is 8.26. The summed E-state index contributed by atoms with van der Waals surface area (Å²) in [5.74, 6) is 0. The van der Waals surface area contributed by atoms with E-state index < -0.39 is 0 Å². The van der Waals surface area contributed by atoms with Crippen LogP contribution in [0.15, 0.2) is 11.4 Å². The van der Waals surface area contributed by atoms with Crippen molar-refractivity contribution in [2.24, 2.45) is 0 Å². The predicted octanol–water partition coefficient (Wildman–Crippen LogP) is 4.18. The lowest BCUT2D eigenvalue weighted by molar-refractivity contribution is 0.118. The van der Waals surface area contributed by atoms with Gasteiger partial charge in [0.1, 0.15) is 0 Å². The van der Waals surface area contributed by atoms with Crippen LogP contribution in [-0.4, -0.2) is 22.6 Å². The summed E-state index contributed by atoms with van der Waals surface area (Å²) in [6, 6.07) is 2.05. The number of rotatable bonds is 5. The Labute approximate surface area is 112 Å². The Morgan fingerprint density at radius 2 is 2.29 bits per heavy atom. The summed E-state index contributed by atoms with van der Waals surface area (Å²) in [6.07, 6.45) is 2.36. The van der Waals surface area contributed by atoms with E-state index in [1.54, 1.807) is 11.3 Å². The Morgan fingerprint density at radius 1 is 1.57 bits per heavy atom. The topological polar surface area (TPSA) is 9.23 Å². The Balaban J connectivity index is 0.000000500. The van der Waals surface area contributed by atoms with Crippen LogP contribution < -0.4 is 0 Å². The van der Waals surface area contributed by atoms with E-state index in [1.165, 1.54) is 12.0 Å². The molecule has 0 unspecified atom stereocenters. The lowest BCUT2D eigenvalue weighted by Crippen LogP contribution is -1.93. The van der Waals surface area contributed by atoms with E-state index in [0.29, 0.717) is 0 Å². The van der Waals surface area contributed by atoms with Crippen molar-refractivity contribution in [2.75, 3.05) is 6.61 Å². The van der Waals surface area contributed by atoms with Gasteiger partial charge in [0.05, 0.1) is 12.0 Å². The molecule has 14 heavy (non-hydrogen) atoms. The van der Waals surface area contributed by atoms with Crippen molar-refractivity contribution in [1.82, 2.24) is 0 Å². The number of hydrogen-bond donors (Lipinski definition) is 0. The second kappa shape index (κ2) is 12.5. The number of ether oxygens (including phenoxy) is 1. The lowest BCUT2D eigenvalue weighted by atomic mass is 10.3. The molecule has 1 aromatic heterocycles. The number of halogens is 2. The fourth-order valence-corrected chi connectivity index (χ4v) is 1.34. The monoisotopic (exact) mass is 351 g/mol. The van der Waals surface area contributed by atoms with Crippen LogP contribution in [-0.2, 0) is 11.3 Å². The normalized spacial score (nSPS) is 8.79. The average Bonchev–Trinajstić information content (AvgIpc) is 2.66. The number of hydrogen-bond acceptors (Lipinski definition) is 2. The van der Waals surface area contributed by atoms with Gasteiger partial charge in [0.15, 0.2) is 0 Å². The first-order chi connectivity index (χ1) is 6.85. The quantitative estimate of drug-likeness (QED) is 0.570. The van der Waals surface area contributed by atoms with E-state index in [1.807, 2.05) is 5.38 Å². The van der Waals surface area contributed by atoms with E-state index >= 15 is 0 Å². The van der Waals surface area contributed by atoms with Crippen LogP contribution in [0.2, 0.25) is 0 Å². The molecular formula is C9H13Br2MgOS. The SMILES string of the molecule is CCCCOCc1[c]scc1.[Br][Mg][Br]. The molecule has 0 saturated carbocycles. The number of unbranched alkanes of at least 4 members (excludes halogenated alkanes) is 1. The first kappa shape index (κ1) is 15.4. The van der Waals surface area contributed by atoms with Gasteiger partial charge in [-0.05, 0) is 23.4 Å². The summed E-state index contributed by atoms with van der Waals surface area (Å²) < 4.78 is 5.39. The second-order valence-electron chi connectivity index (χ2n) is 2.56. The average molecular weight is 353 g/mol. The zero-order chi connectivity index (χ0) is 10.6. The fraction of sp³-hybridized carbons (Fsp3) is 0.556. The number of thiophene rings is 1. The van der Waals surface area contributed by atoms with Crippen LogP contribution in [0.25, 0.3) is 0 Å². The van der Waals surface area contributed by atoms with Gasteiger partial charge in [-0.15, -0.1) is 11.3 Å². The molecule has 0 bridgehead atoms. The van der Waals surface area contributed by atoms with Gasteiger partial charge in [-0.2, -0.15) is 0 Å². The van der Waals surface area contributed by atoms with E-state index in [-0.39, 0.29) is 16.0 Å². The molecule has 1 nitrogen and oxygen atoms in total. The van der Waals surface area contributed by atoms with Gasteiger partial charge in [-0.3, -0.25) is 25.8 Å². The van der Waals surface area contributed by atoms with Crippen molar-refractivity contribution in [3.05, 3.63) is 22.4 Å². The van der Waals surface area contributed by atoms with E-state index in [2.05, 4.69) is 44.1 Å². The summed E-state index contributed by atoms with van der Waals surface area (Å²) in [7, 11) is 0. The Hall–Kier alpha value is 1.39. The van der Waals surface area contributed by atoms with Gasteiger partial charge in [0, 0.05) is 6.61 Å². The van der Waals surface area contributed by atoms with Crippen molar-refractivity contribution in [3.63, 3.8) is 0 Å². The summed E-state index contributed by atoms with van der Waals surface area (Å²) in [5.41, 5.74) is 1.17. The van der Waals surface area contributed by atoms with Crippen molar-refractivity contribution >= 4 is 53.1 Å². The fourth-order valence-electron chi connectivity index (χ4n) is 0.766. The highest BCUT2D eigenvalue weighted by atomic mass is 79.9. The van der Waals surface area contributed by atoms with Crippen LogP contribution in [0.1, 0.15) is 25.3 Å². The third-order valence-electron chi connectivity index (χ3n) is 1.43. The summed E-state index contributed by atoms with van der Waals surface area (Å²) >= 11 is 8.04. The molecule has 0 aliphatic rings. The van der Waals surface area contributed by atoms with Gasteiger partial charge in [-0.25, -0.2) is 0 Å². The molecular weight excluding hydrogens is 340 g/mol. The molecule has 5 heteroatoms. The largest absolute Gasteiger partial charge is 0.560 e. The molecule has 0 aromatic carbocycles. The highest BCUT2D eigenvalue weighted by Gasteiger charge is 1.92. The molecule has 1 radical (unpaired) electrons. The Bertz CT molecular complexity index is 195. The minimum Gasteiger partial charge on any atom is -0.377 e. The molecule has 0 N–H and O–H groups in total. The minimum atomic E-state index is 0.0417. The molecule has 0 spiro atoms. The molecule has 1 heterocycles. The molecule has 0 saturated heterocycles. The van der Waals surface area contributed by atoms with Crippen molar-refractivity contribution in [2.45, 2.75) is 26.4 Å². The highest BCUT2D eigenvalue weighted by molar-refractivity contribution is 9.47.